The van der Waals surface area contributed by atoms with Crippen LogP contribution in [-0.4, -0.2) is 28.2 Å². The average Bonchev–Trinajstić information content (AvgIpc) is 2.40. The smallest absolute Gasteiger partial charge is 0.322 e. The quantitative estimate of drug-likeness (QED) is 0.747. The van der Waals surface area contributed by atoms with Crippen LogP contribution in [0.15, 0.2) is 21.1 Å². The first-order valence-corrected chi connectivity index (χ1v) is 8.37. The van der Waals surface area contributed by atoms with Crippen molar-refractivity contribution in [3.8, 4) is 0 Å². The number of aliphatic hydroxyl groups excluding tert-OH is 1. The third-order valence-corrected chi connectivity index (χ3v) is 5.16. The second-order valence-corrected chi connectivity index (χ2v) is 7.21. The SMILES string of the molecule is O=C1Nc2c(Br)cc(Br)cc2CN1C1CCC(O)CC1. The topological polar surface area (TPSA) is 52.6 Å². The van der Waals surface area contributed by atoms with Gasteiger partial charge in [0.1, 0.15) is 0 Å². The molecule has 1 aromatic rings. The van der Waals surface area contributed by atoms with Gasteiger partial charge in [0.05, 0.1) is 11.8 Å². The fraction of sp³-hybridized carbons (Fsp3) is 0.500. The minimum Gasteiger partial charge on any atom is -0.393 e. The first-order chi connectivity index (χ1) is 9.54. The second kappa shape index (κ2) is 5.66. The molecule has 6 heteroatoms. The Bertz CT molecular complexity index is 542. The standard InChI is InChI=1S/C14H16Br2N2O2/c15-9-5-8-7-18(10-1-3-11(19)4-2-10)14(20)17-13(8)12(16)6-9/h5-6,10-11,19H,1-4,7H2,(H,17,20). The lowest BCUT2D eigenvalue weighted by Gasteiger charge is -2.39. The highest BCUT2D eigenvalue weighted by Gasteiger charge is 2.32. The lowest BCUT2D eigenvalue weighted by atomic mass is 9.91. The Morgan fingerprint density at radius 1 is 1.20 bits per heavy atom. The Morgan fingerprint density at radius 3 is 2.60 bits per heavy atom. The number of hydrogen-bond donors (Lipinski definition) is 2. The fourth-order valence-corrected chi connectivity index (χ4v) is 4.40. The Hall–Kier alpha value is -0.590. The van der Waals surface area contributed by atoms with Crippen molar-refractivity contribution in [1.29, 1.82) is 0 Å². The van der Waals surface area contributed by atoms with Crippen molar-refractivity contribution >= 4 is 43.6 Å². The number of urea groups is 1. The van der Waals surface area contributed by atoms with E-state index in [4.69, 9.17) is 0 Å². The number of nitrogens with one attached hydrogen (secondary N) is 1. The molecule has 108 valence electrons. The van der Waals surface area contributed by atoms with Gasteiger partial charge in [-0.1, -0.05) is 15.9 Å². The van der Waals surface area contributed by atoms with E-state index in [2.05, 4.69) is 37.2 Å². The van der Waals surface area contributed by atoms with E-state index < -0.39 is 0 Å². The number of amides is 2. The molecule has 2 N–H and O–H groups in total. The van der Waals surface area contributed by atoms with Gasteiger partial charge in [0.15, 0.2) is 0 Å². The van der Waals surface area contributed by atoms with Crippen molar-refractivity contribution in [3.63, 3.8) is 0 Å². The van der Waals surface area contributed by atoms with Crippen LogP contribution in [0.25, 0.3) is 0 Å². The molecule has 0 spiro atoms. The molecule has 3 rings (SSSR count). The summed E-state index contributed by atoms with van der Waals surface area (Å²) in [4.78, 5) is 14.2. The molecule has 1 fully saturated rings. The van der Waals surface area contributed by atoms with Crippen molar-refractivity contribution in [2.24, 2.45) is 0 Å². The van der Waals surface area contributed by atoms with Gasteiger partial charge in [0.25, 0.3) is 0 Å². The second-order valence-electron chi connectivity index (χ2n) is 5.44. The molecule has 20 heavy (non-hydrogen) atoms. The van der Waals surface area contributed by atoms with E-state index in [1.807, 2.05) is 17.0 Å². The van der Waals surface area contributed by atoms with Gasteiger partial charge in [0.2, 0.25) is 0 Å². The fourth-order valence-electron chi connectivity index (χ4n) is 2.99. The Labute approximate surface area is 134 Å². The molecule has 0 atom stereocenters. The lowest BCUT2D eigenvalue weighted by molar-refractivity contribution is 0.0841. The summed E-state index contributed by atoms with van der Waals surface area (Å²) in [6.07, 6.45) is 3.11. The van der Waals surface area contributed by atoms with Crippen molar-refractivity contribution < 1.29 is 9.90 Å². The van der Waals surface area contributed by atoms with E-state index in [1.54, 1.807) is 0 Å². The number of carbonyl (C=O) groups is 1. The number of halogens is 2. The normalized spacial score (nSPS) is 26.1. The molecule has 1 aliphatic heterocycles. The molecule has 2 amide bonds. The number of benzene rings is 1. The molecule has 0 saturated heterocycles. The molecular formula is C14H16Br2N2O2. The van der Waals surface area contributed by atoms with Gasteiger partial charge in [-0.2, -0.15) is 0 Å². The lowest BCUT2D eigenvalue weighted by Crippen LogP contribution is -2.47. The van der Waals surface area contributed by atoms with Crippen molar-refractivity contribution in [2.45, 2.75) is 44.4 Å². The summed E-state index contributed by atoms with van der Waals surface area (Å²) in [5.74, 6) is 0. The predicted molar refractivity (Wildman–Crippen MR) is 84.7 cm³/mol. The van der Waals surface area contributed by atoms with Crippen LogP contribution in [0.5, 0.6) is 0 Å². The van der Waals surface area contributed by atoms with Crippen LogP contribution in [0.4, 0.5) is 10.5 Å². The van der Waals surface area contributed by atoms with Gasteiger partial charge in [-0.25, -0.2) is 4.79 Å². The Morgan fingerprint density at radius 2 is 1.90 bits per heavy atom. The predicted octanol–water partition coefficient (Wildman–Crippen LogP) is 3.86. The summed E-state index contributed by atoms with van der Waals surface area (Å²) in [7, 11) is 0. The third-order valence-electron chi connectivity index (χ3n) is 4.08. The first kappa shape index (κ1) is 14.4. The molecule has 1 aromatic carbocycles. The van der Waals surface area contributed by atoms with E-state index in [1.165, 1.54) is 0 Å². The highest BCUT2D eigenvalue weighted by atomic mass is 79.9. The number of carbonyl (C=O) groups excluding carboxylic acids is 1. The Kier molecular flexibility index (Phi) is 4.06. The van der Waals surface area contributed by atoms with E-state index >= 15 is 0 Å². The largest absolute Gasteiger partial charge is 0.393 e. The number of hydrogen-bond acceptors (Lipinski definition) is 2. The first-order valence-electron chi connectivity index (χ1n) is 6.78. The van der Waals surface area contributed by atoms with Gasteiger partial charge >= 0.3 is 6.03 Å². The monoisotopic (exact) mass is 402 g/mol. The Balaban J connectivity index is 1.83. The van der Waals surface area contributed by atoms with Crippen molar-refractivity contribution in [2.75, 3.05) is 5.32 Å². The number of nitrogens with zero attached hydrogens (tertiary/aromatic N) is 1. The molecule has 0 unspecified atom stereocenters. The van der Waals surface area contributed by atoms with Crippen molar-refractivity contribution in [1.82, 2.24) is 4.90 Å². The van der Waals surface area contributed by atoms with E-state index in [0.29, 0.717) is 6.54 Å². The maximum absolute atomic E-state index is 12.3. The highest BCUT2D eigenvalue weighted by molar-refractivity contribution is 9.11. The maximum Gasteiger partial charge on any atom is 0.322 e. The van der Waals surface area contributed by atoms with Gasteiger partial charge in [-0.05, 0) is 59.3 Å². The molecule has 0 radical (unpaired) electrons. The summed E-state index contributed by atoms with van der Waals surface area (Å²) in [6.45, 7) is 0.625. The summed E-state index contributed by atoms with van der Waals surface area (Å²) in [5, 5.41) is 12.6. The zero-order valence-electron chi connectivity index (χ0n) is 10.9. The molecule has 1 saturated carbocycles. The van der Waals surface area contributed by atoms with Crippen LogP contribution < -0.4 is 5.32 Å². The van der Waals surface area contributed by atoms with Gasteiger partial charge in [0, 0.05) is 21.5 Å². The van der Waals surface area contributed by atoms with Crippen LogP contribution in [0.1, 0.15) is 31.2 Å². The van der Waals surface area contributed by atoms with Crippen LogP contribution in [-0.2, 0) is 6.54 Å². The van der Waals surface area contributed by atoms with E-state index in [9.17, 15) is 9.90 Å². The summed E-state index contributed by atoms with van der Waals surface area (Å²) in [6, 6.07) is 4.17. The third kappa shape index (κ3) is 2.73. The summed E-state index contributed by atoms with van der Waals surface area (Å²) >= 11 is 6.97. The number of rotatable bonds is 1. The van der Waals surface area contributed by atoms with E-state index in [0.717, 1.165) is 45.9 Å². The maximum atomic E-state index is 12.3. The molecule has 4 nitrogen and oxygen atoms in total. The highest BCUT2D eigenvalue weighted by Crippen LogP contribution is 2.36. The van der Waals surface area contributed by atoms with Gasteiger partial charge in [-0.15, -0.1) is 0 Å². The zero-order valence-corrected chi connectivity index (χ0v) is 14.1. The van der Waals surface area contributed by atoms with Gasteiger partial charge < -0.3 is 15.3 Å². The number of fused-ring (bicyclic) bond motifs is 1. The minimum atomic E-state index is -0.199. The minimum absolute atomic E-state index is 0.0399. The van der Waals surface area contributed by atoms with Gasteiger partial charge in [-0.3, -0.25) is 0 Å². The summed E-state index contributed by atoms with van der Waals surface area (Å²) in [5.41, 5.74) is 1.97. The van der Waals surface area contributed by atoms with Crippen LogP contribution in [0, 0.1) is 0 Å². The molecule has 1 aliphatic carbocycles. The van der Waals surface area contributed by atoms with Crippen LogP contribution in [0.2, 0.25) is 0 Å². The molecule has 2 aliphatic rings. The molecular weight excluding hydrogens is 388 g/mol. The van der Waals surface area contributed by atoms with Crippen LogP contribution in [0.3, 0.4) is 0 Å². The zero-order chi connectivity index (χ0) is 14.3. The van der Waals surface area contributed by atoms with Crippen LogP contribution >= 0.6 is 31.9 Å². The molecule has 1 heterocycles. The molecule has 0 bridgehead atoms. The van der Waals surface area contributed by atoms with E-state index in [-0.39, 0.29) is 18.2 Å². The number of aliphatic hydroxyl groups is 1. The summed E-state index contributed by atoms with van der Waals surface area (Å²) < 4.78 is 1.90. The average molecular weight is 404 g/mol. The molecule has 0 aromatic heterocycles. The van der Waals surface area contributed by atoms with Crippen molar-refractivity contribution in [3.05, 3.63) is 26.6 Å². The number of anilines is 1.